The van der Waals surface area contributed by atoms with Crippen LogP contribution < -0.4 is 0 Å². The van der Waals surface area contributed by atoms with Crippen LogP contribution in [0.1, 0.15) is 5.69 Å². The van der Waals surface area contributed by atoms with Gasteiger partial charge in [-0.25, -0.2) is 9.07 Å². The fourth-order valence-electron chi connectivity index (χ4n) is 1.15. The average molecular weight is 266 g/mol. The molecule has 0 amide bonds. The Kier molecular flexibility index (Phi) is 2.78. The van der Waals surface area contributed by atoms with Crippen molar-refractivity contribution in [1.82, 2.24) is 15.0 Å². The molecule has 90 valence electrons. The fourth-order valence-corrected chi connectivity index (χ4v) is 1.26. The minimum Gasteiger partial charge on any atom is -0.220 e. The van der Waals surface area contributed by atoms with Gasteiger partial charge in [0.25, 0.3) is 0 Å². The Morgan fingerprint density at radius 1 is 1.24 bits per heavy atom. The minimum atomic E-state index is -4.58. The number of benzene rings is 1. The number of nitrogens with zero attached hydrogens (tertiary/aromatic N) is 3. The van der Waals surface area contributed by atoms with E-state index in [1.54, 1.807) is 0 Å². The smallest absolute Gasteiger partial charge is 0.220 e. The van der Waals surface area contributed by atoms with E-state index in [0.717, 1.165) is 10.7 Å². The van der Waals surface area contributed by atoms with Crippen molar-refractivity contribution in [3.8, 4) is 5.69 Å². The maximum Gasteiger partial charge on any atom is 0.436 e. The maximum atomic E-state index is 13.1. The van der Waals surface area contributed by atoms with Crippen LogP contribution in [-0.4, -0.2) is 15.0 Å². The Morgan fingerprint density at radius 3 is 2.47 bits per heavy atom. The second-order valence-corrected chi connectivity index (χ2v) is 3.55. The summed E-state index contributed by atoms with van der Waals surface area (Å²) in [5, 5.41) is 6.09. The van der Waals surface area contributed by atoms with Gasteiger partial charge in [0.1, 0.15) is 5.82 Å². The van der Waals surface area contributed by atoms with Crippen LogP contribution in [0, 0.1) is 5.82 Å². The van der Waals surface area contributed by atoms with E-state index in [-0.39, 0.29) is 10.7 Å². The molecule has 2 aromatic rings. The third kappa shape index (κ3) is 2.38. The third-order valence-corrected chi connectivity index (χ3v) is 2.26. The van der Waals surface area contributed by atoms with Crippen LogP contribution in [0.5, 0.6) is 0 Å². The molecule has 0 N–H and O–H groups in total. The summed E-state index contributed by atoms with van der Waals surface area (Å²) in [4.78, 5) is 0. The first-order valence-corrected chi connectivity index (χ1v) is 4.70. The second-order valence-electron chi connectivity index (χ2n) is 3.14. The summed E-state index contributed by atoms with van der Waals surface area (Å²) < 4.78 is 50.7. The van der Waals surface area contributed by atoms with Gasteiger partial charge >= 0.3 is 6.18 Å². The fraction of sp³-hybridized carbons (Fsp3) is 0.111. The molecule has 0 saturated carbocycles. The van der Waals surface area contributed by atoms with Gasteiger partial charge in [-0.1, -0.05) is 16.8 Å². The van der Waals surface area contributed by atoms with Crippen molar-refractivity contribution >= 4 is 11.6 Å². The first-order valence-electron chi connectivity index (χ1n) is 4.33. The maximum absolute atomic E-state index is 13.1. The van der Waals surface area contributed by atoms with Gasteiger partial charge in [-0.15, -0.1) is 5.10 Å². The Balaban J connectivity index is 2.40. The van der Waals surface area contributed by atoms with E-state index in [1.165, 1.54) is 12.1 Å². The highest BCUT2D eigenvalue weighted by Gasteiger charge is 2.34. The molecule has 1 aromatic carbocycles. The zero-order valence-corrected chi connectivity index (χ0v) is 8.80. The Labute approximate surface area is 97.6 Å². The topological polar surface area (TPSA) is 30.7 Å². The van der Waals surface area contributed by atoms with E-state index in [4.69, 9.17) is 11.6 Å². The predicted molar refractivity (Wildman–Crippen MR) is 51.3 cm³/mol. The number of aromatic nitrogens is 3. The van der Waals surface area contributed by atoms with Gasteiger partial charge in [-0.05, 0) is 12.1 Å². The molecule has 0 saturated heterocycles. The molecule has 0 aliphatic heterocycles. The van der Waals surface area contributed by atoms with Crippen LogP contribution in [0.4, 0.5) is 17.6 Å². The molecule has 17 heavy (non-hydrogen) atoms. The zero-order chi connectivity index (χ0) is 12.6. The molecule has 0 aliphatic rings. The largest absolute Gasteiger partial charge is 0.436 e. The van der Waals surface area contributed by atoms with Crippen molar-refractivity contribution in [3.63, 3.8) is 0 Å². The predicted octanol–water partition coefficient (Wildman–Crippen LogP) is 3.08. The SMILES string of the molecule is Fc1cc(-n2cc(C(F)(F)F)nn2)ccc1Cl. The van der Waals surface area contributed by atoms with Crippen LogP contribution in [0.25, 0.3) is 5.69 Å². The number of halogens is 5. The molecule has 0 bridgehead atoms. The molecule has 8 heteroatoms. The first-order chi connectivity index (χ1) is 7.88. The number of rotatable bonds is 1. The molecule has 0 fully saturated rings. The van der Waals surface area contributed by atoms with E-state index in [9.17, 15) is 17.6 Å². The second kappa shape index (κ2) is 3.99. The molecule has 1 heterocycles. The van der Waals surface area contributed by atoms with Crippen molar-refractivity contribution in [2.45, 2.75) is 6.18 Å². The average Bonchev–Trinajstić information content (AvgIpc) is 2.70. The third-order valence-electron chi connectivity index (χ3n) is 1.95. The molecular weight excluding hydrogens is 262 g/mol. The number of alkyl halides is 3. The highest BCUT2D eigenvalue weighted by atomic mass is 35.5. The summed E-state index contributed by atoms with van der Waals surface area (Å²) in [7, 11) is 0. The van der Waals surface area contributed by atoms with Gasteiger partial charge in [0.2, 0.25) is 0 Å². The number of hydrogen-bond donors (Lipinski definition) is 0. The number of hydrogen-bond acceptors (Lipinski definition) is 2. The zero-order valence-electron chi connectivity index (χ0n) is 8.04. The van der Waals surface area contributed by atoms with Gasteiger partial charge in [0, 0.05) is 6.07 Å². The molecule has 0 spiro atoms. The van der Waals surface area contributed by atoms with Gasteiger partial charge in [0.15, 0.2) is 5.69 Å². The van der Waals surface area contributed by atoms with Gasteiger partial charge in [-0.2, -0.15) is 13.2 Å². The van der Waals surface area contributed by atoms with Gasteiger partial charge < -0.3 is 0 Å². The molecule has 2 rings (SSSR count). The molecule has 0 aliphatic carbocycles. The van der Waals surface area contributed by atoms with Crippen molar-refractivity contribution in [1.29, 1.82) is 0 Å². The van der Waals surface area contributed by atoms with E-state index in [2.05, 4.69) is 10.3 Å². The van der Waals surface area contributed by atoms with Gasteiger partial charge in [0.05, 0.1) is 16.9 Å². The summed E-state index contributed by atoms with van der Waals surface area (Å²) in [5.74, 6) is -0.742. The molecule has 0 atom stereocenters. The Morgan fingerprint density at radius 2 is 1.94 bits per heavy atom. The van der Waals surface area contributed by atoms with Gasteiger partial charge in [-0.3, -0.25) is 0 Å². The minimum absolute atomic E-state index is 0.106. The summed E-state index contributed by atoms with van der Waals surface area (Å²) in [6.07, 6.45) is -3.91. The highest BCUT2D eigenvalue weighted by molar-refractivity contribution is 6.30. The van der Waals surface area contributed by atoms with Crippen molar-refractivity contribution < 1.29 is 17.6 Å². The normalized spacial score (nSPS) is 11.8. The molecule has 0 radical (unpaired) electrons. The quantitative estimate of drug-likeness (QED) is 0.742. The lowest BCUT2D eigenvalue weighted by Crippen LogP contribution is -2.04. The molecule has 3 nitrogen and oxygen atoms in total. The van der Waals surface area contributed by atoms with E-state index in [0.29, 0.717) is 6.20 Å². The summed E-state index contributed by atoms with van der Waals surface area (Å²) in [6.45, 7) is 0. The van der Waals surface area contributed by atoms with E-state index >= 15 is 0 Å². The lowest BCUT2D eigenvalue weighted by atomic mass is 10.3. The Hall–Kier alpha value is -1.63. The first kappa shape index (κ1) is 11.8. The molecule has 1 aromatic heterocycles. The highest BCUT2D eigenvalue weighted by Crippen LogP contribution is 2.27. The van der Waals surface area contributed by atoms with Crippen molar-refractivity contribution in [3.05, 3.63) is 40.9 Å². The summed E-state index contributed by atoms with van der Waals surface area (Å²) in [5.41, 5.74) is -1.04. The Bertz CT molecular complexity index is 549. The van der Waals surface area contributed by atoms with E-state index < -0.39 is 17.7 Å². The van der Waals surface area contributed by atoms with Crippen LogP contribution in [0.3, 0.4) is 0 Å². The standard InChI is InChI=1S/C9H4ClF4N3/c10-6-2-1-5(3-7(6)11)17-4-8(15-16-17)9(12,13)14/h1-4H. The van der Waals surface area contributed by atoms with Crippen LogP contribution >= 0.6 is 11.6 Å². The monoisotopic (exact) mass is 265 g/mol. The van der Waals surface area contributed by atoms with Crippen molar-refractivity contribution in [2.24, 2.45) is 0 Å². The lowest BCUT2D eigenvalue weighted by Gasteiger charge is -2.01. The van der Waals surface area contributed by atoms with Crippen LogP contribution in [-0.2, 0) is 6.18 Å². The summed E-state index contributed by atoms with van der Waals surface area (Å²) in [6, 6.07) is 3.53. The van der Waals surface area contributed by atoms with Crippen molar-refractivity contribution in [2.75, 3.05) is 0 Å². The summed E-state index contributed by atoms with van der Waals surface area (Å²) >= 11 is 5.45. The van der Waals surface area contributed by atoms with Crippen LogP contribution in [0.2, 0.25) is 5.02 Å². The van der Waals surface area contributed by atoms with E-state index in [1.807, 2.05) is 0 Å². The van der Waals surface area contributed by atoms with Crippen LogP contribution in [0.15, 0.2) is 24.4 Å². The molecule has 0 unspecified atom stereocenters. The molecular formula is C9H4ClF4N3. The lowest BCUT2D eigenvalue weighted by molar-refractivity contribution is -0.141.